The Balaban J connectivity index is 1.41. The van der Waals surface area contributed by atoms with Gasteiger partial charge in [-0.1, -0.05) is 0 Å². The van der Waals surface area contributed by atoms with Gasteiger partial charge in [0.25, 0.3) is 0 Å². The molecular weight excluding hydrogens is 592 g/mol. The van der Waals surface area contributed by atoms with E-state index >= 15 is 0 Å². The highest BCUT2D eigenvalue weighted by Gasteiger charge is 2.52. The third kappa shape index (κ3) is 7.36. The molecule has 19 N–H and O–H groups in total. The maximum Gasteiger partial charge on any atom is 0.184 e. The van der Waals surface area contributed by atoms with Crippen LogP contribution >= 0.6 is 0 Å². The van der Waals surface area contributed by atoms with E-state index in [4.69, 9.17) is 62.8 Å². The molecule has 4 rings (SSSR count). The van der Waals surface area contributed by atoms with Crippen molar-refractivity contribution in [3.8, 4) is 0 Å². The van der Waals surface area contributed by atoms with Crippen molar-refractivity contribution in [2.75, 3.05) is 32.9 Å². The number of hydrogen-bond donors (Lipinski definition) is 13. The first kappa shape index (κ1) is 36.1. The number of rotatable bonds is 11. The van der Waals surface area contributed by atoms with Gasteiger partial charge >= 0.3 is 0 Å². The van der Waals surface area contributed by atoms with Crippen LogP contribution in [0, 0.1) is 5.92 Å². The largest absolute Gasteiger partial charge is 0.394 e. The van der Waals surface area contributed by atoms with E-state index in [1.807, 2.05) is 0 Å². The van der Waals surface area contributed by atoms with E-state index in [2.05, 4.69) is 0 Å². The smallest absolute Gasteiger partial charge is 0.184 e. The van der Waals surface area contributed by atoms with Crippen molar-refractivity contribution >= 4 is 0 Å². The molecule has 3 aliphatic heterocycles. The molecule has 0 spiro atoms. The predicted molar refractivity (Wildman–Crippen MR) is 148 cm³/mol. The summed E-state index contributed by atoms with van der Waals surface area (Å²) >= 11 is 0. The molecule has 16 unspecified atom stereocenters. The number of aliphatic hydroxyl groups is 7. The van der Waals surface area contributed by atoms with E-state index in [1.54, 1.807) is 0 Å². The van der Waals surface area contributed by atoms with Crippen LogP contribution in [0.1, 0.15) is 6.42 Å². The minimum absolute atomic E-state index is 0.0534. The van der Waals surface area contributed by atoms with Gasteiger partial charge < -0.3 is 98.6 Å². The van der Waals surface area contributed by atoms with Crippen molar-refractivity contribution in [1.29, 1.82) is 0 Å². The van der Waals surface area contributed by atoms with Crippen molar-refractivity contribution in [2.45, 2.75) is 116 Å². The first-order chi connectivity index (χ1) is 20.8. The van der Waals surface area contributed by atoms with E-state index in [9.17, 15) is 35.7 Å². The molecule has 0 bridgehead atoms. The van der Waals surface area contributed by atoms with Gasteiger partial charge in [0.15, 0.2) is 12.6 Å². The standard InChI is InChI=1S/C25H50N6O13/c26-2-10-18(35)20(37)14(30)13(40-10)6-39-5-7-12(4-32)42-25(16(7)33)44-23-17(34)8(28)1-9(29)22(23)43-24-15(31)21(38)19(36)11(3-27)41-24/h7-25,32-38H,1-6,26-31H2/t7?,8?,9?,10?,11?,12-,13?,14?,15?,16+,17?,18?,19?,20?,21?,22?,23?,24?,25+/m1/s1. The van der Waals surface area contributed by atoms with Crippen molar-refractivity contribution < 1.29 is 64.2 Å². The van der Waals surface area contributed by atoms with Crippen LogP contribution in [0.5, 0.6) is 0 Å². The Kier molecular flexibility index (Phi) is 12.7. The third-order valence-corrected chi connectivity index (χ3v) is 9.04. The van der Waals surface area contributed by atoms with Crippen molar-refractivity contribution in [2.24, 2.45) is 40.3 Å². The monoisotopic (exact) mass is 642 g/mol. The Morgan fingerprint density at radius 2 is 1.14 bits per heavy atom. The van der Waals surface area contributed by atoms with Crippen LogP contribution in [0.2, 0.25) is 0 Å². The molecule has 0 amide bonds. The van der Waals surface area contributed by atoms with Gasteiger partial charge in [-0.3, -0.25) is 0 Å². The van der Waals surface area contributed by atoms with Crippen molar-refractivity contribution in [3.63, 3.8) is 0 Å². The zero-order valence-electron chi connectivity index (χ0n) is 24.3. The second-order valence-corrected chi connectivity index (χ2v) is 12.0. The van der Waals surface area contributed by atoms with Gasteiger partial charge in [0.2, 0.25) is 0 Å². The highest BCUT2D eigenvalue weighted by molar-refractivity contribution is 5.02. The highest BCUT2D eigenvalue weighted by Crippen LogP contribution is 2.34. The summed E-state index contributed by atoms with van der Waals surface area (Å²) in [5.74, 6) is -0.815. The Hall–Kier alpha value is -0.760. The molecular formula is C25H50N6O13. The first-order valence-corrected chi connectivity index (χ1v) is 14.8. The fourth-order valence-electron chi connectivity index (χ4n) is 6.19. The second-order valence-electron chi connectivity index (χ2n) is 12.0. The van der Waals surface area contributed by atoms with E-state index in [0.717, 1.165) is 0 Å². The van der Waals surface area contributed by atoms with Crippen molar-refractivity contribution in [1.82, 2.24) is 0 Å². The average molecular weight is 643 g/mol. The van der Waals surface area contributed by atoms with Crippen LogP contribution in [0.25, 0.3) is 0 Å². The van der Waals surface area contributed by atoms with Gasteiger partial charge in [-0.2, -0.15) is 0 Å². The minimum atomic E-state index is -1.43. The lowest BCUT2D eigenvalue weighted by Crippen LogP contribution is -2.68. The fourth-order valence-corrected chi connectivity index (χ4v) is 6.19. The molecule has 44 heavy (non-hydrogen) atoms. The van der Waals surface area contributed by atoms with Gasteiger partial charge in [-0.15, -0.1) is 0 Å². The number of nitrogens with two attached hydrogens (primary N) is 6. The van der Waals surface area contributed by atoms with E-state index in [0.29, 0.717) is 0 Å². The van der Waals surface area contributed by atoms with Gasteiger partial charge in [-0.05, 0) is 6.42 Å². The second kappa shape index (κ2) is 15.4. The van der Waals surface area contributed by atoms with Crippen LogP contribution in [0.15, 0.2) is 0 Å². The van der Waals surface area contributed by atoms with Crippen LogP contribution in [-0.2, 0) is 28.4 Å². The summed E-state index contributed by atoms with van der Waals surface area (Å²) in [6, 6.07) is -3.82. The summed E-state index contributed by atoms with van der Waals surface area (Å²) in [5.41, 5.74) is 35.7. The van der Waals surface area contributed by atoms with E-state index in [-0.39, 0.29) is 32.7 Å². The minimum Gasteiger partial charge on any atom is -0.394 e. The third-order valence-electron chi connectivity index (χ3n) is 9.04. The molecule has 19 heteroatoms. The van der Waals surface area contributed by atoms with Gasteiger partial charge in [-0.25, -0.2) is 0 Å². The molecule has 3 saturated heterocycles. The lowest BCUT2D eigenvalue weighted by Gasteiger charge is -2.47. The molecule has 0 aromatic rings. The fraction of sp³-hybridized carbons (Fsp3) is 1.00. The zero-order chi connectivity index (χ0) is 32.5. The summed E-state index contributed by atoms with van der Waals surface area (Å²) in [6.07, 6.45) is -16.6. The summed E-state index contributed by atoms with van der Waals surface area (Å²) < 4.78 is 34.9. The lowest BCUT2D eigenvalue weighted by molar-refractivity contribution is -0.306. The van der Waals surface area contributed by atoms with Gasteiger partial charge in [0.1, 0.15) is 48.8 Å². The molecule has 258 valence electrons. The zero-order valence-corrected chi connectivity index (χ0v) is 24.3. The molecule has 4 fully saturated rings. The predicted octanol–water partition coefficient (Wildman–Crippen LogP) is -8.61. The molecule has 0 aromatic carbocycles. The summed E-state index contributed by atoms with van der Waals surface area (Å²) in [5, 5.41) is 72.9. The number of aliphatic hydroxyl groups excluding tert-OH is 7. The Morgan fingerprint density at radius 3 is 1.75 bits per heavy atom. The van der Waals surface area contributed by atoms with E-state index < -0.39 is 123 Å². The average Bonchev–Trinajstić information content (AvgIpc) is 3.30. The van der Waals surface area contributed by atoms with Gasteiger partial charge in [0.05, 0.1) is 56.3 Å². The van der Waals surface area contributed by atoms with Crippen LogP contribution in [-0.4, -0.2) is 179 Å². The molecule has 19 atom stereocenters. The van der Waals surface area contributed by atoms with Crippen molar-refractivity contribution in [3.05, 3.63) is 0 Å². The SMILES string of the molecule is NCC1OC(COCC2[C@@H](CO)O[C@@H](OC3C(O)C(N)CC(N)C3OC3OC(CN)C(O)C(O)C3N)[C@H]2O)C(N)C(O)C1O. The van der Waals surface area contributed by atoms with E-state index in [1.165, 1.54) is 0 Å². The maximum atomic E-state index is 11.1. The molecule has 1 saturated carbocycles. The van der Waals surface area contributed by atoms with Crippen LogP contribution in [0.3, 0.4) is 0 Å². The quantitative estimate of drug-likeness (QED) is 0.0994. The Bertz CT molecular complexity index is 899. The Morgan fingerprint density at radius 1 is 0.568 bits per heavy atom. The molecule has 0 radical (unpaired) electrons. The maximum absolute atomic E-state index is 11.1. The molecule has 4 aliphatic rings. The summed E-state index contributed by atoms with van der Waals surface area (Å²) in [7, 11) is 0. The first-order valence-electron chi connectivity index (χ1n) is 14.8. The summed E-state index contributed by atoms with van der Waals surface area (Å²) in [4.78, 5) is 0. The Labute approximate surface area is 254 Å². The number of ether oxygens (including phenoxy) is 6. The molecule has 19 nitrogen and oxygen atoms in total. The molecule has 3 heterocycles. The van der Waals surface area contributed by atoms with Gasteiger partial charge in [0, 0.05) is 31.1 Å². The summed E-state index contributed by atoms with van der Waals surface area (Å²) in [6.45, 7) is -0.980. The van der Waals surface area contributed by atoms with Crippen LogP contribution in [0.4, 0.5) is 0 Å². The lowest BCUT2D eigenvalue weighted by atomic mass is 9.84. The highest BCUT2D eigenvalue weighted by atomic mass is 16.7. The topological polar surface area (TPSA) is 353 Å². The van der Waals surface area contributed by atoms with Crippen LogP contribution < -0.4 is 34.4 Å². The number of hydrogen-bond acceptors (Lipinski definition) is 19. The molecule has 0 aromatic heterocycles. The normalized spacial score (nSPS) is 51.9. The molecule has 1 aliphatic carbocycles.